The van der Waals surface area contributed by atoms with Crippen molar-refractivity contribution in [3.8, 4) is 5.75 Å². The first kappa shape index (κ1) is 29.0. The van der Waals surface area contributed by atoms with Gasteiger partial charge in [0, 0.05) is 18.9 Å². The molecule has 1 aliphatic rings. The summed E-state index contributed by atoms with van der Waals surface area (Å²) >= 11 is 5.36. The molecule has 0 spiro atoms. The van der Waals surface area contributed by atoms with Gasteiger partial charge >= 0.3 is 23.0 Å². The number of rotatable bonds is 2. The van der Waals surface area contributed by atoms with Gasteiger partial charge in [0.15, 0.2) is 0 Å². The molecule has 1 atom stereocenters. The van der Waals surface area contributed by atoms with E-state index >= 15 is 0 Å². The monoisotopic (exact) mass is 538 g/mol. The molecule has 190 valence electrons. The van der Waals surface area contributed by atoms with Crippen molar-refractivity contribution >= 4 is 30.0 Å². The minimum Gasteiger partial charge on any atom is -0.506 e. The Kier molecular flexibility index (Phi) is 10.8. The highest BCUT2D eigenvalue weighted by Crippen LogP contribution is 2.20. The lowest BCUT2D eigenvalue weighted by Crippen LogP contribution is -2.33. The Morgan fingerprint density at radius 3 is 2.40 bits per heavy atom. The maximum atomic E-state index is 12.9. The summed E-state index contributed by atoms with van der Waals surface area (Å²) < 4.78 is 19.1. The molecule has 15 nitrogen and oxygen atoms in total. The molecule has 4 rings (SSSR count). The van der Waals surface area contributed by atoms with E-state index in [-0.39, 0.29) is 28.7 Å². The van der Waals surface area contributed by atoms with Crippen molar-refractivity contribution in [1.29, 1.82) is 0 Å². The van der Waals surface area contributed by atoms with Crippen LogP contribution in [0.4, 0.5) is 4.39 Å². The topological polar surface area (TPSA) is 233 Å². The van der Waals surface area contributed by atoms with Crippen LogP contribution >= 0.6 is 24.0 Å². The Morgan fingerprint density at radius 1 is 1.20 bits per heavy atom. The SMILES string of the molecule is Cl.O=C(O)c1nc(=O)[nH]c(=O)[nH]1.O=c1[nH]c(=O)n(C2CCCO2)cc1F.O=c1cc(O)c(Cl)c[nH]1. The molecule has 18 heteroatoms. The van der Waals surface area contributed by atoms with Crippen LogP contribution in [0.15, 0.2) is 42.4 Å². The Morgan fingerprint density at radius 2 is 1.89 bits per heavy atom. The Bertz CT molecular complexity index is 1430. The summed E-state index contributed by atoms with van der Waals surface area (Å²) in [7, 11) is 0. The van der Waals surface area contributed by atoms with Gasteiger partial charge in [0.25, 0.3) is 11.1 Å². The van der Waals surface area contributed by atoms with Crippen LogP contribution in [-0.4, -0.2) is 52.3 Å². The van der Waals surface area contributed by atoms with Gasteiger partial charge in [0.2, 0.25) is 11.6 Å². The van der Waals surface area contributed by atoms with Gasteiger partial charge in [-0.2, -0.15) is 9.37 Å². The summed E-state index contributed by atoms with van der Waals surface area (Å²) in [5, 5.41) is 17.1. The average Bonchev–Trinajstić information content (AvgIpc) is 3.28. The molecule has 6 N–H and O–H groups in total. The van der Waals surface area contributed by atoms with E-state index < -0.39 is 46.5 Å². The Balaban J connectivity index is 0.000000266. The molecule has 3 aromatic heterocycles. The number of carboxylic acids is 1. The number of aromatic amines is 4. The fourth-order valence-corrected chi connectivity index (χ4v) is 2.50. The standard InChI is InChI=1S/C8H9FN2O3.C5H4ClNO2.C4H3N3O4.ClH/c9-5-4-11(6-2-1-3-14-6)8(13)10-7(5)12;6-3-2-7-5(9)1-4(3)8;8-2(9)1-5-3(10)7-4(11)6-1;/h4,6H,1-3H2,(H,10,12,13);1-2H,(H2,7,8,9);(H,8,9)(H2,5,6,7,10,11);1H. The Labute approximate surface area is 202 Å². The maximum Gasteiger partial charge on any atom is 0.372 e. The van der Waals surface area contributed by atoms with Gasteiger partial charge in [-0.25, -0.2) is 19.2 Å². The van der Waals surface area contributed by atoms with Crippen molar-refractivity contribution in [2.24, 2.45) is 0 Å². The van der Waals surface area contributed by atoms with E-state index in [1.165, 1.54) is 6.20 Å². The molecule has 1 aliphatic heterocycles. The molecule has 35 heavy (non-hydrogen) atoms. The number of ether oxygens (including phenoxy) is 1. The highest BCUT2D eigenvalue weighted by Gasteiger charge is 2.19. The maximum absolute atomic E-state index is 12.9. The number of nitrogens with zero attached hydrogens (tertiary/aromatic N) is 2. The average molecular weight is 539 g/mol. The number of aromatic carboxylic acids is 1. The second-order valence-electron chi connectivity index (χ2n) is 6.29. The second kappa shape index (κ2) is 13.0. The van der Waals surface area contributed by atoms with Crippen molar-refractivity contribution in [2.75, 3.05) is 6.61 Å². The number of H-pyrrole nitrogens is 4. The fraction of sp³-hybridized carbons (Fsp3) is 0.235. The van der Waals surface area contributed by atoms with Gasteiger partial charge in [-0.05, 0) is 12.8 Å². The normalized spacial score (nSPS) is 13.9. The number of hydrogen-bond acceptors (Lipinski definition) is 9. The summed E-state index contributed by atoms with van der Waals surface area (Å²) in [5.41, 5.74) is -3.86. The van der Waals surface area contributed by atoms with Crippen LogP contribution in [0, 0.1) is 5.82 Å². The number of pyridine rings is 1. The van der Waals surface area contributed by atoms with Crippen LogP contribution < -0.4 is 28.2 Å². The molecule has 0 radical (unpaired) electrons. The van der Waals surface area contributed by atoms with E-state index in [9.17, 15) is 33.2 Å². The lowest BCUT2D eigenvalue weighted by Gasteiger charge is -2.11. The van der Waals surface area contributed by atoms with Crippen molar-refractivity contribution in [3.63, 3.8) is 0 Å². The molecule has 0 aliphatic carbocycles. The predicted octanol–water partition coefficient (Wildman–Crippen LogP) is -0.703. The summed E-state index contributed by atoms with van der Waals surface area (Å²) in [6, 6.07) is 1.02. The number of carboxylic acid groups (broad SMARTS) is 1. The highest BCUT2D eigenvalue weighted by atomic mass is 35.5. The molecule has 4 heterocycles. The molecule has 0 aromatic carbocycles. The van der Waals surface area contributed by atoms with Gasteiger partial charge in [-0.15, -0.1) is 12.4 Å². The number of carbonyl (C=O) groups is 1. The molecule has 1 saturated heterocycles. The minimum atomic E-state index is -1.45. The first-order chi connectivity index (χ1) is 16.0. The zero-order valence-electron chi connectivity index (χ0n) is 17.2. The van der Waals surface area contributed by atoms with Gasteiger partial charge in [0.05, 0.1) is 11.2 Å². The van der Waals surface area contributed by atoms with Crippen molar-refractivity contribution in [1.82, 2.24) is 29.5 Å². The van der Waals surface area contributed by atoms with Gasteiger partial charge in [-0.3, -0.25) is 29.1 Å². The first-order valence-electron chi connectivity index (χ1n) is 9.11. The van der Waals surface area contributed by atoms with Crippen molar-refractivity contribution in [2.45, 2.75) is 19.1 Å². The van der Waals surface area contributed by atoms with Gasteiger partial charge in [0.1, 0.15) is 12.0 Å². The molecule has 0 saturated carbocycles. The summed E-state index contributed by atoms with van der Waals surface area (Å²) in [6.45, 7) is 0.553. The smallest absolute Gasteiger partial charge is 0.372 e. The molecular weight excluding hydrogens is 522 g/mol. The quantitative estimate of drug-likeness (QED) is 0.240. The first-order valence-corrected chi connectivity index (χ1v) is 9.49. The van der Waals surface area contributed by atoms with Crippen LogP contribution in [0.2, 0.25) is 5.02 Å². The number of nitrogens with one attached hydrogen (secondary N) is 4. The second-order valence-corrected chi connectivity index (χ2v) is 6.70. The summed E-state index contributed by atoms with van der Waals surface area (Å²) in [4.78, 5) is 73.9. The number of halogens is 3. The van der Waals surface area contributed by atoms with Gasteiger partial charge in [-0.1, -0.05) is 11.6 Å². The van der Waals surface area contributed by atoms with E-state index in [2.05, 4.69) is 9.97 Å². The van der Waals surface area contributed by atoms with E-state index in [1.807, 2.05) is 9.97 Å². The lowest BCUT2D eigenvalue weighted by molar-refractivity contribution is 0.0517. The zero-order valence-corrected chi connectivity index (χ0v) is 18.8. The highest BCUT2D eigenvalue weighted by molar-refractivity contribution is 6.31. The van der Waals surface area contributed by atoms with Crippen molar-refractivity contribution < 1.29 is 24.1 Å². The third-order valence-corrected chi connectivity index (χ3v) is 4.16. The third kappa shape index (κ3) is 8.69. The van der Waals surface area contributed by atoms with E-state index in [4.69, 9.17) is 26.6 Å². The van der Waals surface area contributed by atoms with Crippen molar-refractivity contribution in [3.05, 3.63) is 87.3 Å². The molecular formula is C17H17Cl2FN6O9. The predicted molar refractivity (Wildman–Crippen MR) is 119 cm³/mol. The summed E-state index contributed by atoms with van der Waals surface area (Å²) in [5.74, 6) is -3.28. The largest absolute Gasteiger partial charge is 0.506 e. The van der Waals surface area contributed by atoms with E-state index in [0.717, 1.165) is 23.3 Å². The number of aromatic hydroxyl groups is 1. The van der Waals surface area contributed by atoms with Crippen LogP contribution in [0.25, 0.3) is 0 Å². The third-order valence-electron chi connectivity index (χ3n) is 3.86. The summed E-state index contributed by atoms with van der Waals surface area (Å²) in [6.07, 6.45) is 3.16. The number of hydrogen-bond donors (Lipinski definition) is 6. The lowest BCUT2D eigenvalue weighted by atomic mass is 10.3. The fourth-order valence-electron chi connectivity index (χ4n) is 2.39. The van der Waals surface area contributed by atoms with Crippen LogP contribution in [0.5, 0.6) is 5.75 Å². The van der Waals surface area contributed by atoms with E-state index in [0.29, 0.717) is 13.0 Å². The Hall–Kier alpha value is -4.02. The number of aromatic nitrogens is 6. The zero-order chi connectivity index (χ0) is 25.4. The van der Waals surface area contributed by atoms with Crippen LogP contribution in [0.3, 0.4) is 0 Å². The van der Waals surface area contributed by atoms with Crippen LogP contribution in [-0.2, 0) is 4.74 Å². The molecule has 0 amide bonds. The molecule has 0 bridgehead atoms. The molecule has 3 aromatic rings. The molecule has 1 unspecified atom stereocenters. The minimum absolute atomic E-state index is 0. The van der Waals surface area contributed by atoms with Crippen LogP contribution in [0.1, 0.15) is 29.7 Å². The molecule has 1 fully saturated rings. The van der Waals surface area contributed by atoms with E-state index in [1.54, 1.807) is 4.98 Å². The van der Waals surface area contributed by atoms with Gasteiger partial charge < -0.3 is 19.9 Å².